The van der Waals surface area contributed by atoms with Gasteiger partial charge in [0.15, 0.2) is 11.5 Å². The summed E-state index contributed by atoms with van der Waals surface area (Å²) < 4.78 is 44.3. The Balaban J connectivity index is 1.21. The van der Waals surface area contributed by atoms with Crippen LogP contribution in [0.1, 0.15) is 36.8 Å². The van der Waals surface area contributed by atoms with Gasteiger partial charge in [-0.3, -0.25) is 4.79 Å². The van der Waals surface area contributed by atoms with Crippen molar-refractivity contribution in [1.82, 2.24) is 4.31 Å². The number of benzene rings is 3. The topological polar surface area (TPSA) is 94.2 Å². The van der Waals surface area contributed by atoms with Gasteiger partial charge in [0.25, 0.3) is 0 Å². The molecule has 1 amide bonds. The molecule has 39 heavy (non-hydrogen) atoms. The second-order valence-electron chi connectivity index (χ2n) is 10.5. The molecule has 1 saturated heterocycles. The van der Waals surface area contributed by atoms with Crippen molar-refractivity contribution in [1.29, 1.82) is 0 Å². The van der Waals surface area contributed by atoms with E-state index in [1.165, 1.54) is 0 Å². The second-order valence-corrected chi connectivity index (χ2v) is 12.4. The predicted octanol–water partition coefficient (Wildman–Crippen LogP) is 4.86. The lowest BCUT2D eigenvalue weighted by molar-refractivity contribution is -0.118. The van der Waals surface area contributed by atoms with E-state index in [1.54, 1.807) is 23.5 Å². The zero-order chi connectivity index (χ0) is 27.2. The van der Waals surface area contributed by atoms with Crippen molar-refractivity contribution in [2.75, 3.05) is 32.4 Å². The van der Waals surface area contributed by atoms with Gasteiger partial charge < -0.3 is 19.5 Å². The average molecular weight is 549 g/mol. The number of sulfonamides is 1. The lowest BCUT2D eigenvalue weighted by Gasteiger charge is -2.23. The molecule has 8 nitrogen and oxygen atoms in total. The van der Waals surface area contributed by atoms with Gasteiger partial charge in [0.2, 0.25) is 22.7 Å². The first-order chi connectivity index (χ1) is 18.8. The molecule has 0 bridgehead atoms. The highest BCUT2D eigenvalue weighted by Crippen LogP contribution is 2.51. The minimum Gasteiger partial charge on any atom is -0.454 e. The SMILES string of the molecule is COCC1CCCN1S(=O)(=O)c1ccc(-c2cc(NC(=O)C3(c4ccc5c(c4)OCO5)CC3)ccc2C)cc1. The Hall–Kier alpha value is -3.40. The molecule has 3 aromatic carbocycles. The molecule has 1 aliphatic carbocycles. The molecule has 2 heterocycles. The maximum absolute atomic E-state index is 13.4. The summed E-state index contributed by atoms with van der Waals surface area (Å²) in [7, 11) is -2.01. The molecule has 9 heteroatoms. The van der Waals surface area contributed by atoms with Gasteiger partial charge >= 0.3 is 0 Å². The van der Waals surface area contributed by atoms with Crippen molar-refractivity contribution >= 4 is 21.6 Å². The number of carbonyl (C=O) groups excluding carboxylic acids is 1. The van der Waals surface area contributed by atoms with Crippen LogP contribution in [0.5, 0.6) is 11.5 Å². The van der Waals surface area contributed by atoms with Gasteiger partial charge in [-0.15, -0.1) is 0 Å². The quantitative estimate of drug-likeness (QED) is 0.432. The highest BCUT2D eigenvalue weighted by molar-refractivity contribution is 7.89. The zero-order valence-electron chi connectivity index (χ0n) is 22.1. The van der Waals surface area contributed by atoms with Crippen LogP contribution in [0.3, 0.4) is 0 Å². The van der Waals surface area contributed by atoms with E-state index >= 15 is 0 Å². The number of carbonyl (C=O) groups is 1. The number of nitrogens with one attached hydrogen (secondary N) is 1. The van der Waals surface area contributed by atoms with E-state index in [1.807, 2.05) is 55.5 Å². The molecule has 1 unspecified atom stereocenters. The minimum absolute atomic E-state index is 0.0474. The van der Waals surface area contributed by atoms with E-state index < -0.39 is 15.4 Å². The molecular formula is C30H32N2O6S. The number of amides is 1. The van der Waals surface area contributed by atoms with Crippen molar-refractivity contribution in [2.45, 2.75) is 49.0 Å². The highest BCUT2D eigenvalue weighted by atomic mass is 32.2. The molecular weight excluding hydrogens is 516 g/mol. The van der Waals surface area contributed by atoms with Crippen LogP contribution >= 0.6 is 0 Å². The molecule has 0 aromatic heterocycles. The Morgan fingerprint density at radius 1 is 1.05 bits per heavy atom. The average Bonchev–Trinajstić information content (AvgIpc) is 3.38. The minimum atomic E-state index is -3.60. The summed E-state index contributed by atoms with van der Waals surface area (Å²) in [5.41, 5.74) is 3.90. The van der Waals surface area contributed by atoms with Gasteiger partial charge in [-0.25, -0.2) is 8.42 Å². The summed E-state index contributed by atoms with van der Waals surface area (Å²) in [6.07, 6.45) is 3.18. The monoisotopic (exact) mass is 548 g/mol. The lowest BCUT2D eigenvalue weighted by Crippen LogP contribution is -2.38. The lowest BCUT2D eigenvalue weighted by atomic mass is 9.94. The van der Waals surface area contributed by atoms with E-state index in [0.29, 0.717) is 30.3 Å². The molecule has 2 aliphatic heterocycles. The van der Waals surface area contributed by atoms with Crippen LogP contribution in [0.2, 0.25) is 0 Å². The van der Waals surface area contributed by atoms with E-state index in [4.69, 9.17) is 14.2 Å². The largest absolute Gasteiger partial charge is 0.454 e. The zero-order valence-corrected chi connectivity index (χ0v) is 22.9. The van der Waals surface area contributed by atoms with Crippen LogP contribution in [0.4, 0.5) is 5.69 Å². The molecule has 6 rings (SSSR count). The molecule has 1 atom stereocenters. The first-order valence-corrected chi connectivity index (χ1v) is 14.7. The van der Waals surface area contributed by atoms with Crippen LogP contribution in [0, 0.1) is 6.92 Å². The van der Waals surface area contributed by atoms with Crippen LogP contribution in [-0.4, -0.2) is 51.7 Å². The number of rotatable bonds is 8. The Morgan fingerprint density at radius 2 is 1.82 bits per heavy atom. The fourth-order valence-electron chi connectivity index (χ4n) is 5.65. The highest BCUT2D eigenvalue weighted by Gasteiger charge is 2.51. The summed E-state index contributed by atoms with van der Waals surface area (Å²) in [5.74, 6) is 1.33. The molecule has 1 saturated carbocycles. The number of fused-ring (bicyclic) bond motifs is 1. The first kappa shape index (κ1) is 25.9. The van der Waals surface area contributed by atoms with Crippen molar-refractivity contribution in [3.8, 4) is 22.6 Å². The molecule has 204 valence electrons. The first-order valence-electron chi connectivity index (χ1n) is 13.3. The van der Waals surface area contributed by atoms with Crippen molar-refractivity contribution in [3.05, 3.63) is 71.8 Å². The van der Waals surface area contributed by atoms with Gasteiger partial charge in [-0.05, 0) is 91.3 Å². The summed E-state index contributed by atoms with van der Waals surface area (Å²) in [6, 6.07) is 18.4. The molecule has 1 N–H and O–H groups in total. The Labute approximate surface area is 228 Å². The summed E-state index contributed by atoms with van der Waals surface area (Å²) in [6.45, 7) is 3.10. The van der Waals surface area contributed by atoms with E-state index in [2.05, 4.69) is 5.32 Å². The smallest absolute Gasteiger partial charge is 0.243 e. The maximum atomic E-state index is 13.4. The number of methoxy groups -OCH3 is 1. The number of hydrogen-bond donors (Lipinski definition) is 1. The molecule has 0 spiro atoms. The molecule has 3 aromatic rings. The number of anilines is 1. The Bertz CT molecular complexity index is 1510. The third kappa shape index (κ3) is 4.68. The van der Waals surface area contributed by atoms with Crippen LogP contribution in [0.15, 0.2) is 65.6 Å². The Morgan fingerprint density at radius 3 is 2.56 bits per heavy atom. The maximum Gasteiger partial charge on any atom is 0.243 e. The second kappa shape index (κ2) is 9.97. The van der Waals surface area contributed by atoms with Crippen LogP contribution in [-0.2, 0) is 25.0 Å². The van der Waals surface area contributed by atoms with Crippen LogP contribution < -0.4 is 14.8 Å². The van der Waals surface area contributed by atoms with Crippen molar-refractivity contribution < 1.29 is 27.4 Å². The van der Waals surface area contributed by atoms with E-state index in [9.17, 15) is 13.2 Å². The van der Waals surface area contributed by atoms with Crippen molar-refractivity contribution in [3.63, 3.8) is 0 Å². The van der Waals surface area contributed by atoms with Gasteiger partial charge in [-0.1, -0.05) is 24.3 Å². The van der Waals surface area contributed by atoms with E-state index in [-0.39, 0.29) is 23.6 Å². The predicted molar refractivity (Wildman–Crippen MR) is 148 cm³/mol. The van der Waals surface area contributed by atoms with Crippen molar-refractivity contribution in [2.24, 2.45) is 0 Å². The van der Waals surface area contributed by atoms with Gasteiger partial charge in [0.05, 0.1) is 16.9 Å². The number of nitrogens with zero attached hydrogens (tertiary/aromatic N) is 1. The van der Waals surface area contributed by atoms with Gasteiger partial charge in [0.1, 0.15) is 0 Å². The molecule has 3 aliphatic rings. The third-order valence-electron chi connectivity index (χ3n) is 8.06. The molecule has 0 radical (unpaired) electrons. The Kier molecular flexibility index (Phi) is 6.61. The summed E-state index contributed by atoms with van der Waals surface area (Å²) in [5, 5.41) is 3.11. The summed E-state index contributed by atoms with van der Waals surface area (Å²) in [4.78, 5) is 13.7. The third-order valence-corrected chi connectivity index (χ3v) is 10.0. The van der Waals surface area contributed by atoms with Crippen LogP contribution in [0.25, 0.3) is 11.1 Å². The van der Waals surface area contributed by atoms with E-state index in [0.717, 1.165) is 47.9 Å². The number of hydrogen-bond acceptors (Lipinski definition) is 6. The van der Waals surface area contributed by atoms with Gasteiger partial charge in [0, 0.05) is 25.4 Å². The molecule has 2 fully saturated rings. The standard InChI is InChI=1S/C30H32N2O6S/c1-20-5-9-23(31-29(33)30(13-14-30)22-8-12-27-28(16-22)38-19-37-27)17-26(20)21-6-10-25(11-7-21)39(34,35)32-15-3-4-24(32)18-36-2/h5-12,16-17,24H,3-4,13-15,18-19H2,1-2H3,(H,31,33). The fourth-order valence-corrected chi connectivity index (χ4v) is 7.33. The normalized spacial score (nSPS) is 19.7. The fraction of sp³-hybridized carbons (Fsp3) is 0.367. The summed E-state index contributed by atoms with van der Waals surface area (Å²) >= 11 is 0. The number of aryl methyl sites for hydroxylation is 1. The van der Waals surface area contributed by atoms with Gasteiger partial charge in [-0.2, -0.15) is 4.31 Å². The number of ether oxygens (including phenoxy) is 3.